The largest absolute Gasteiger partial charge is 0.478 e. The van der Waals surface area contributed by atoms with Gasteiger partial charge in [0, 0.05) is 4.47 Å². The van der Waals surface area contributed by atoms with E-state index in [1.54, 1.807) is 12.1 Å². The number of rotatable bonds is 3. The molecule has 18 heavy (non-hydrogen) atoms. The topological polar surface area (TPSA) is 108 Å². The smallest absolute Gasteiger partial charge is 0.337 e. The van der Waals surface area contributed by atoms with Gasteiger partial charge in [-0.15, -0.1) is 0 Å². The number of aromatic carboxylic acids is 1. The molecular weight excluding hydrogens is 304 g/mol. The van der Waals surface area contributed by atoms with E-state index in [1.807, 2.05) is 0 Å². The van der Waals surface area contributed by atoms with Crippen LogP contribution in [0.1, 0.15) is 21.0 Å². The van der Waals surface area contributed by atoms with E-state index in [4.69, 9.17) is 5.11 Å². The van der Waals surface area contributed by atoms with Crippen molar-refractivity contribution in [2.45, 2.75) is 0 Å². The van der Waals surface area contributed by atoms with E-state index in [0.717, 1.165) is 0 Å². The number of hydrogen-bond donors (Lipinski definition) is 3. The number of aromatic amines is 1. The molecular formula is C10H7BrN4O3. The van der Waals surface area contributed by atoms with Crippen molar-refractivity contribution >= 4 is 33.5 Å². The quantitative estimate of drug-likeness (QED) is 0.796. The number of hydrogen-bond acceptors (Lipinski definition) is 4. The summed E-state index contributed by atoms with van der Waals surface area (Å²) in [5, 5.41) is 17.4. The van der Waals surface area contributed by atoms with Gasteiger partial charge in [-0.25, -0.2) is 9.78 Å². The average molecular weight is 311 g/mol. The number of halogens is 1. The van der Waals surface area contributed by atoms with Crippen LogP contribution in [0, 0.1) is 0 Å². The van der Waals surface area contributed by atoms with Crippen molar-refractivity contribution < 1.29 is 14.7 Å². The summed E-state index contributed by atoms with van der Waals surface area (Å²) in [5.74, 6) is -1.70. The number of nitrogens with one attached hydrogen (secondary N) is 2. The fourth-order valence-electron chi connectivity index (χ4n) is 1.32. The van der Waals surface area contributed by atoms with Crippen LogP contribution in [-0.2, 0) is 0 Å². The molecule has 0 atom stereocenters. The Bertz CT molecular complexity index is 597. The van der Waals surface area contributed by atoms with Crippen LogP contribution in [0.25, 0.3) is 0 Å². The zero-order valence-electron chi connectivity index (χ0n) is 8.85. The Kier molecular flexibility index (Phi) is 3.38. The number of carboxylic acid groups (broad SMARTS) is 1. The molecule has 92 valence electrons. The third kappa shape index (κ3) is 2.38. The van der Waals surface area contributed by atoms with Crippen LogP contribution in [0.5, 0.6) is 0 Å². The van der Waals surface area contributed by atoms with Crippen molar-refractivity contribution in [2.24, 2.45) is 0 Å². The van der Waals surface area contributed by atoms with Gasteiger partial charge in [-0.1, -0.05) is 6.07 Å². The van der Waals surface area contributed by atoms with Crippen molar-refractivity contribution in [1.82, 2.24) is 15.2 Å². The summed E-state index contributed by atoms with van der Waals surface area (Å²) < 4.78 is 0.468. The lowest BCUT2D eigenvalue weighted by molar-refractivity contribution is 0.0698. The van der Waals surface area contributed by atoms with Gasteiger partial charge in [-0.05, 0) is 28.1 Å². The Morgan fingerprint density at radius 3 is 2.78 bits per heavy atom. The van der Waals surface area contributed by atoms with Crippen LogP contribution in [0.4, 0.5) is 5.69 Å². The number of aromatic nitrogens is 3. The van der Waals surface area contributed by atoms with Crippen LogP contribution in [0.15, 0.2) is 29.0 Å². The first-order valence-electron chi connectivity index (χ1n) is 4.78. The fourth-order valence-corrected chi connectivity index (χ4v) is 1.78. The number of carbonyl (C=O) groups is 2. The van der Waals surface area contributed by atoms with Gasteiger partial charge in [-0.2, -0.15) is 5.10 Å². The van der Waals surface area contributed by atoms with Crippen LogP contribution in [0.2, 0.25) is 0 Å². The van der Waals surface area contributed by atoms with Crippen molar-refractivity contribution in [1.29, 1.82) is 0 Å². The first kappa shape index (κ1) is 12.2. The molecule has 1 amide bonds. The molecule has 0 radical (unpaired) electrons. The Morgan fingerprint density at radius 1 is 1.39 bits per heavy atom. The molecule has 7 nitrogen and oxygen atoms in total. The average Bonchev–Trinajstić information content (AvgIpc) is 2.85. The SMILES string of the molecule is O=C(Nc1c(Br)cccc1C(=O)O)c1ncn[nH]1. The summed E-state index contributed by atoms with van der Waals surface area (Å²) in [6.07, 6.45) is 1.19. The van der Waals surface area contributed by atoms with Gasteiger partial charge in [0.25, 0.3) is 5.91 Å². The van der Waals surface area contributed by atoms with E-state index < -0.39 is 11.9 Å². The van der Waals surface area contributed by atoms with Crippen molar-refractivity contribution in [3.63, 3.8) is 0 Å². The molecule has 0 fully saturated rings. The lowest BCUT2D eigenvalue weighted by atomic mass is 10.2. The van der Waals surface area contributed by atoms with Crippen molar-refractivity contribution in [3.05, 3.63) is 40.4 Å². The van der Waals surface area contributed by atoms with Gasteiger partial charge in [0.15, 0.2) is 0 Å². The van der Waals surface area contributed by atoms with E-state index >= 15 is 0 Å². The lowest BCUT2D eigenvalue weighted by Gasteiger charge is -2.09. The number of benzene rings is 1. The number of nitrogens with zero attached hydrogens (tertiary/aromatic N) is 2. The molecule has 0 bridgehead atoms. The molecule has 0 saturated carbocycles. The maximum Gasteiger partial charge on any atom is 0.337 e. The van der Waals surface area contributed by atoms with Gasteiger partial charge >= 0.3 is 5.97 Å². The highest BCUT2D eigenvalue weighted by atomic mass is 79.9. The standard InChI is InChI=1S/C10H7BrN4O3/c11-6-3-1-2-5(10(17)18)7(6)14-9(16)8-12-4-13-15-8/h1-4H,(H,14,16)(H,17,18)(H,12,13,15). The number of para-hydroxylation sites is 1. The molecule has 1 aromatic heterocycles. The predicted octanol–water partition coefficient (Wildman–Crippen LogP) is 1.52. The number of anilines is 1. The summed E-state index contributed by atoms with van der Waals surface area (Å²) in [6.45, 7) is 0. The van der Waals surface area contributed by atoms with Gasteiger partial charge in [0.05, 0.1) is 11.3 Å². The Hall–Kier alpha value is -2.22. The first-order valence-corrected chi connectivity index (χ1v) is 5.57. The molecule has 1 aromatic carbocycles. The minimum absolute atomic E-state index is 0.00194. The minimum atomic E-state index is -1.14. The zero-order chi connectivity index (χ0) is 13.1. The highest BCUT2D eigenvalue weighted by Gasteiger charge is 2.17. The van der Waals surface area contributed by atoms with Crippen LogP contribution >= 0.6 is 15.9 Å². The Morgan fingerprint density at radius 2 is 2.17 bits per heavy atom. The normalized spacial score (nSPS) is 10.1. The van der Waals surface area contributed by atoms with Crippen molar-refractivity contribution in [2.75, 3.05) is 5.32 Å². The molecule has 8 heteroatoms. The summed E-state index contributed by atoms with van der Waals surface area (Å²) in [5.41, 5.74) is 0.156. The van der Waals surface area contributed by atoms with E-state index in [0.29, 0.717) is 4.47 Å². The minimum Gasteiger partial charge on any atom is -0.478 e. The number of carbonyl (C=O) groups excluding carboxylic acids is 1. The lowest BCUT2D eigenvalue weighted by Crippen LogP contribution is -2.16. The molecule has 0 saturated heterocycles. The van der Waals surface area contributed by atoms with Crippen LogP contribution in [-0.4, -0.2) is 32.2 Å². The highest BCUT2D eigenvalue weighted by Crippen LogP contribution is 2.26. The number of carboxylic acids is 1. The monoisotopic (exact) mass is 310 g/mol. The van der Waals surface area contributed by atoms with E-state index in [-0.39, 0.29) is 17.1 Å². The third-order valence-corrected chi connectivity index (χ3v) is 2.77. The molecule has 0 aliphatic heterocycles. The zero-order valence-corrected chi connectivity index (χ0v) is 10.4. The second-order valence-electron chi connectivity index (χ2n) is 3.26. The molecule has 0 unspecified atom stereocenters. The maximum atomic E-state index is 11.7. The molecule has 0 aliphatic carbocycles. The van der Waals surface area contributed by atoms with Gasteiger partial charge < -0.3 is 10.4 Å². The van der Waals surface area contributed by atoms with Crippen LogP contribution < -0.4 is 5.32 Å². The summed E-state index contributed by atoms with van der Waals surface area (Å²) >= 11 is 3.18. The van der Waals surface area contributed by atoms with E-state index in [9.17, 15) is 9.59 Å². The van der Waals surface area contributed by atoms with E-state index in [1.165, 1.54) is 12.4 Å². The Balaban J connectivity index is 2.34. The summed E-state index contributed by atoms with van der Waals surface area (Å²) in [6, 6.07) is 4.59. The van der Waals surface area contributed by atoms with Gasteiger partial charge in [0.2, 0.25) is 5.82 Å². The first-order chi connectivity index (χ1) is 8.59. The van der Waals surface area contributed by atoms with Gasteiger partial charge in [0.1, 0.15) is 6.33 Å². The number of amides is 1. The summed E-state index contributed by atoms with van der Waals surface area (Å²) in [4.78, 5) is 26.5. The highest BCUT2D eigenvalue weighted by molar-refractivity contribution is 9.10. The molecule has 0 spiro atoms. The molecule has 3 N–H and O–H groups in total. The molecule has 2 rings (SSSR count). The second-order valence-corrected chi connectivity index (χ2v) is 4.11. The van der Waals surface area contributed by atoms with E-state index in [2.05, 4.69) is 36.4 Å². The third-order valence-electron chi connectivity index (χ3n) is 2.11. The maximum absolute atomic E-state index is 11.7. The van der Waals surface area contributed by atoms with Crippen molar-refractivity contribution in [3.8, 4) is 0 Å². The predicted molar refractivity (Wildman–Crippen MR) is 65.4 cm³/mol. The van der Waals surface area contributed by atoms with Crippen LogP contribution in [0.3, 0.4) is 0 Å². The Labute approximate surface area is 109 Å². The second kappa shape index (κ2) is 4.96. The van der Waals surface area contributed by atoms with Gasteiger partial charge in [-0.3, -0.25) is 9.89 Å². The summed E-state index contributed by atoms with van der Waals surface area (Å²) in [7, 11) is 0. The molecule has 2 aromatic rings. The number of H-pyrrole nitrogens is 1. The fraction of sp³-hybridized carbons (Fsp3) is 0. The molecule has 0 aliphatic rings. The molecule has 1 heterocycles.